The van der Waals surface area contributed by atoms with Crippen molar-refractivity contribution >= 4 is 6.41 Å². The molecule has 16 heavy (non-hydrogen) atoms. The second-order valence-corrected chi connectivity index (χ2v) is 4.57. The highest BCUT2D eigenvalue weighted by Gasteiger charge is 2.16. The molecular weight excluding hydrogens is 204 g/mol. The maximum atomic E-state index is 10.6. The van der Waals surface area contributed by atoms with Gasteiger partial charge < -0.3 is 10.2 Å². The van der Waals surface area contributed by atoms with Gasteiger partial charge in [0.25, 0.3) is 0 Å². The van der Waals surface area contributed by atoms with Crippen molar-refractivity contribution < 1.29 is 4.79 Å². The number of amides is 1. The summed E-state index contributed by atoms with van der Waals surface area (Å²) in [5.41, 5.74) is 0. The topological polar surface area (TPSA) is 38.8 Å². The smallest absolute Gasteiger partial charge is 0.209 e. The summed E-state index contributed by atoms with van der Waals surface area (Å²) in [5, 5.41) is 3.37. The molecule has 2 rings (SSSR count). The standard InChI is InChI=1S/C11H22N4O/c16-11-15-9-7-14(8-10-15)6-5-13-3-1-12-2-4-13/h11-12H,1-10H2. The Kier molecular flexibility index (Phi) is 4.56. The minimum Gasteiger partial charge on any atom is -0.343 e. The first kappa shape index (κ1) is 11.8. The lowest BCUT2D eigenvalue weighted by Gasteiger charge is -2.35. The Morgan fingerprint density at radius 2 is 1.44 bits per heavy atom. The number of carbonyl (C=O) groups excluding carboxylic acids is 1. The van der Waals surface area contributed by atoms with Crippen LogP contribution in [0.3, 0.4) is 0 Å². The van der Waals surface area contributed by atoms with Gasteiger partial charge in [0.2, 0.25) is 6.41 Å². The zero-order chi connectivity index (χ0) is 11.2. The Morgan fingerprint density at radius 1 is 0.875 bits per heavy atom. The van der Waals surface area contributed by atoms with Crippen molar-refractivity contribution in [1.29, 1.82) is 0 Å². The fourth-order valence-corrected chi connectivity index (χ4v) is 2.31. The van der Waals surface area contributed by atoms with Gasteiger partial charge in [-0.1, -0.05) is 0 Å². The van der Waals surface area contributed by atoms with Crippen molar-refractivity contribution in [1.82, 2.24) is 20.0 Å². The predicted octanol–water partition coefficient (Wildman–Crippen LogP) is -1.33. The van der Waals surface area contributed by atoms with E-state index in [0.717, 1.165) is 52.2 Å². The fourth-order valence-electron chi connectivity index (χ4n) is 2.31. The number of hydrogen-bond acceptors (Lipinski definition) is 4. The van der Waals surface area contributed by atoms with Crippen LogP contribution in [0.4, 0.5) is 0 Å². The van der Waals surface area contributed by atoms with Crippen LogP contribution < -0.4 is 5.32 Å². The fraction of sp³-hybridized carbons (Fsp3) is 0.909. The summed E-state index contributed by atoms with van der Waals surface area (Å²) in [7, 11) is 0. The lowest BCUT2D eigenvalue weighted by molar-refractivity contribution is -0.119. The van der Waals surface area contributed by atoms with Crippen molar-refractivity contribution in [3.05, 3.63) is 0 Å². The van der Waals surface area contributed by atoms with Crippen molar-refractivity contribution in [3.63, 3.8) is 0 Å². The Bertz CT molecular complexity index is 210. The lowest BCUT2D eigenvalue weighted by Crippen LogP contribution is -2.50. The molecule has 1 amide bonds. The molecule has 2 fully saturated rings. The number of piperazine rings is 2. The molecule has 0 saturated carbocycles. The molecule has 0 bridgehead atoms. The van der Waals surface area contributed by atoms with Crippen molar-refractivity contribution in [3.8, 4) is 0 Å². The molecule has 2 aliphatic rings. The highest BCUT2D eigenvalue weighted by Crippen LogP contribution is 2.00. The van der Waals surface area contributed by atoms with Crippen molar-refractivity contribution in [2.24, 2.45) is 0 Å². The van der Waals surface area contributed by atoms with E-state index in [1.165, 1.54) is 19.6 Å². The van der Waals surface area contributed by atoms with E-state index in [9.17, 15) is 4.79 Å². The molecule has 1 N–H and O–H groups in total. The van der Waals surface area contributed by atoms with Crippen LogP contribution in [0.1, 0.15) is 0 Å². The van der Waals surface area contributed by atoms with E-state index in [0.29, 0.717) is 0 Å². The van der Waals surface area contributed by atoms with Crippen LogP contribution in [0.15, 0.2) is 0 Å². The van der Waals surface area contributed by atoms with Gasteiger partial charge in [0.05, 0.1) is 0 Å². The van der Waals surface area contributed by atoms with Crippen LogP contribution >= 0.6 is 0 Å². The molecule has 0 atom stereocenters. The third-order valence-electron chi connectivity index (χ3n) is 3.50. The van der Waals surface area contributed by atoms with Crippen molar-refractivity contribution in [2.45, 2.75) is 0 Å². The van der Waals surface area contributed by atoms with E-state index in [1.807, 2.05) is 4.90 Å². The van der Waals surface area contributed by atoms with Gasteiger partial charge in [-0.2, -0.15) is 0 Å². The summed E-state index contributed by atoms with van der Waals surface area (Å²) in [5.74, 6) is 0. The maximum absolute atomic E-state index is 10.6. The molecule has 2 aliphatic heterocycles. The van der Waals surface area contributed by atoms with E-state index in [-0.39, 0.29) is 0 Å². The minimum atomic E-state index is 0.894. The van der Waals surface area contributed by atoms with Gasteiger partial charge in [-0.25, -0.2) is 0 Å². The SMILES string of the molecule is O=CN1CCN(CCN2CCNCC2)CC1. The van der Waals surface area contributed by atoms with Crippen LogP contribution in [-0.2, 0) is 4.79 Å². The van der Waals surface area contributed by atoms with E-state index in [4.69, 9.17) is 0 Å². The maximum Gasteiger partial charge on any atom is 0.209 e. The number of carbonyl (C=O) groups is 1. The van der Waals surface area contributed by atoms with Gasteiger partial charge in [0, 0.05) is 65.4 Å². The quantitative estimate of drug-likeness (QED) is 0.603. The Labute approximate surface area is 97.4 Å². The Balaban J connectivity index is 1.61. The Morgan fingerprint density at radius 3 is 2.00 bits per heavy atom. The predicted molar refractivity (Wildman–Crippen MR) is 63.4 cm³/mol. The summed E-state index contributed by atoms with van der Waals surface area (Å²) in [6, 6.07) is 0. The zero-order valence-corrected chi connectivity index (χ0v) is 9.90. The average molecular weight is 226 g/mol. The third-order valence-corrected chi connectivity index (χ3v) is 3.50. The molecule has 0 aromatic carbocycles. The second-order valence-electron chi connectivity index (χ2n) is 4.57. The molecule has 2 heterocycles. The second kappa shape index (κ2) is 6.18. The molecule has 0 aromatic rings. The first-order valence-corrected chi connectivity index (χ1v) is 6.23. The molecule has 5 heteroatoms. The van der Waals surface area contributed by atoms with Gasteiger partial charge in [-0.3, -0.25) is 14.6 Å². The van der Waals surface area contributed by atoms with Gasteiger partial charge in [0.15, 0.2) is 0 Å². The molecule has 0 spiro atoms. The molecule has 0 aromatic heterocycles. The van der Waals surface area contributed by atoms with Crippen LogP contribution in [0.5, 0.6) is 0 Å². The average Bonchev–Trinajstić information content (AvgIpc) is 2.38. The zero-order valence-electron chi connectivity index (χ0n) is 9.90. The number of rotatable bonds is 4. The molecular formula is C11H22N4O. The van der Waals surface area contributed by atoms with Crippen LogP contribution in [0, 0.1) is 0 Å². The molecule has 0 aliphatic carbocycles. The summed E-state index contributed by atoms with van der Waals surface area (Å²) in [6.45, 7) is 10.8. The molecule has 0 unspecified atom stereocenters. The highest BCUT2D eigenvalue weighted by molar-refractivity contribution is 5.47. The van der Waals surface area contributed by atoms with E-state index in [2.05, 4.69) is 15.1 Å². The lowest BCUT2D eigenvalue weighted by atomic mass is 10.3. The summed E-state index contributed by atoms with van der Waals surface area (Å²) in [4.78, 5) is 17.4. The molecule has 2 saturated heterocycles. The van der Waals surface area contributed by atoms with Gasteiger partial charge in [-0.15, -0.1) is 0 Å². The van der Waals surface area contributed by atoms with Crippen LogP contribution in [-0.4, -0.2) is 86.6 Å². The third kappa shape index (κ3) is 3.43. The van der Waals surface area contributed by atoms with Gasteiger partial charge >= 0.3 is 0 Å². The first-order valence-electron chi connectivity index (χ1n) is 6.23. The number of hydrogen-bond donors (Lipinski definition) is 1. The normalized spacial score (nSPS) is 24.6. The van der Waals surface area contributed by atoms with Crippen LogP contribution in [0.25, 0.3) is 0 Å². The van der Waals surface area contributed by atoms with E-state index < -0.39 is 0 Å². The summed E-state index contributed by atoms with van der Waals surface area (Å²) >= 11 is 0. The monoisotopic (exact) mass is 226 g/mol. The largest absolute Gasteiger partial charge is 0.343 e. The molecule has 0 radical (unpaired) electrons. The van der Waals surface area contributed by atoms with Gasteiger partial charge in [-0.05, 0) is 0 Å². The van der Waals surface area contributed by atoms with Crippen molar-refractivity contribution in [2.75, 3.05) is 65.4 Å². The summed E-state index contributed by atoms with van der Waals surface area (Å²) in [6.07, 6.45) is 0.966. The minimum absolute atomic E-state index is 0.894. The van der Waals surface area contributed by atoms with E-state index in [1.54, 1.807) is 0 Å². The van der Waals surface area contributed by atoms with Crippen LogP contribution in [0.2, 0.25) is 0 Å². The first-order chi connectivity index (χ1) is 7.88. The van der Waals surface area contributed by atoms with Gasteiger partial charge in [0.1, 0.15) is 0 Å². The molecule has 5 nitrogen and oxygen atoms in total. The Hall–Kier alpha value is -0.650. The summed E-state index contributed by atoms with van der Waals surface area (Å²) < 4.78 is 0. The molecule has 92 valence electrons. The highest BCUT2D eigenvalue weighted by atomic mass is 16.1. The number of nitrogens with one attached hydrogen (secondary N) is 1. The van der Waals surface area contributed by atoms with E-state index >= 15 is 0 Å². The number of nitrogens with zero attached hydrogens (tertiary/aromatic N) is 3.